The van der Waals surface area contributed by atoms with Crippen LogP contribution in [0.2, 0.25) is 5.02 Å². The number of aromatic nitrogens is 2. The molecule has 0 saturated carbocycles. The van der Waals surface area contributed by atoms with Crippen LogP contribution in [0.1, 0.15) is 12.1 Å². The van der Waals surface area contributed by atoms with Crippen LogP contribution in [-0.4, -0.2) is 15.3 Å². The fourth-order valence-corrected chi connectivity index (χ4v) is 3.29. The van der Waals surface area contributed by atoms with Gasteiger partial charge in [0.25, 0.3) is 0 Å². The number of anilines is 1. The highest BCUT2D eigenvalue weighted by molar-refractivity contribution is 6.30. The third-order valence-electron chi connectivity index (χ3n) is 4.54. The van der Waals surface area contributed by atoms with Crippen LogP contribution in [0, 0.1) is 11.6 Å². The van der Waals surface area contributed by atoms with Crippen LogP contribution >= 0.6 is 11.6 Å². The summed E-state index contributed by atoms with van der Waals surface area (Å²) in [5.74, 6) is -1.72. The Morgan fingerprint density at radius 3 is 2.66 bits per heavy atom. The zero-order valence-electron chi connectivity index (χ0n) is 15.2. The highest BCUT2D eigenvalue weighted by Gasteiger charge is 2.16. The first-order valence-corrected chi connectivity index (χ1v) is 9.36. The molecule has 4 aromatic rings. The van der Waals surface area contributed by atoms with E-state index < -0.39 is 17.5 Å². The van der Waals surface area contributed by atoms with Crippen molar-refractivity contribution in [2.45, 2.75) is 12.8 Å². The van der Waals surface area contributed by atoms with Crippen molar-refractivity contribution in [3.8, 4) is 11.3 Å². The molecular formula is C22H16ClF2N3O. The largest absolute Gasteiger partial charge is 0.324 e. The summed E-state index contributed by atoms with van der Waals surface area (Å²) < 4.78 is 29.0. The van der Waals surface area contributed by atoms with Gasteiger partial charge in [-0.25, -0.2) is 13.8 Å². The smallest absolute Gasteiger partial charge is 0.224 e. The predicted molar refractivity (Wildman–Crippen MR) is 109 cm³/mol. The van der Waals surface area contributed by atoms with Crippen LogP contribution in [0.3, 0.4) is 0 Å². The molecule has 0 aliphatic rings. The summed E-state index contributed by atoms with van der Waals surface area (Å²) in [7, 11) is 0. The molecule has 0 aliphatic carbocycles. The van der Waals surface area contributed by atoms with E-state index in [9.17, 15) is 13.6 Å². The van der Waals surface area contributed by atoms with E-state index in [1.807, 2.05) is 40.9 Å². The number of carbonyl (C=O) groups excluding carboxylic acids is 1. The van der Waals surface area contributed by atoms with Crippen molar-refractivity contribution in [3.63, 3.8) is 0 Å². The second-order valence-electron chi connectivity index (χ2n) is 6.52. The van der Waals surface area contributed by atoms with Gasteiger partial charge in [-0.05, 0) is 42.8 Å². The SMILES string of the molecule is O=C(CCc1c(-c2ccc(Cl)cc2)nc2ccccn12)Nc1cc(F)ccc1F. The molecule has 0 unspecified atom stereocenters. The Kier molecular flexibility index (Phi) is 5.27. The molecule has 4 rings (SSSR count). The molecule has 0 radical (unpaired) electrons. The van der Waals surface area contributed by atoms with Crippen molar-refractivity contribution in [1.82, 2.24) is 9.38 Å². The molecule has 146 valence electrons. The monoisotopic (exact) mass is 411 g/mol. The van der Waals surface area contributed by atoms with Crippen LogP contribution in [-0.2, 0) is 11.2 Å². The number of halogens is 3. The summed E-state index contributed by atoms with van der Waals surface area (Å²) in [5, 5.41) is 3.05. The van der Waals surface area contributed by atoms with Crippen molar-refractivity contribution in [3.05, 3.63) is 89.2 Å². The fourth-order valence-electron chi connectivity index (χ4n) is 3.16. The number of nitrogens with zero attached hydrogens (tertiary/aromatic N) is 2. The molecule has 0 atom stereocenters. The third kappa shape index (κ3) is 4.12. The van der Waals surface area contributed by atoms with E-state index in [4.69, 9.17) is 11.6 Å². The Balaban J connectivity index is 1.60. The van der Waals surface area contributed by atoms with Gasteiger partial charge in [-0.2, -0.15) is 0 Å². The average molecular weight is 412 g/mol. The van der Waals surface area contributed by atoms with Crippen molar-refractivity contribution >= 4 is 28.8 Å². The highest BCUT2D eigenvalue weighted by atomic mass is 35.5. The van der Waals surface area contributed by atoms with Crippen molar-refractivity contribution < 1.29 is 13.6 Å². The lowest BCUT2D eigenvalue weighted by molar-refractivity contribution is -0.116. The van der Waals surface area contributed by atoms with Crippen molar-refractivity contribution in [2.75, 3.05) is 5.32 Å². The Bertz CT molecular complexity index is 1190. The molecule has 0 bridgehead atoms. The first-order chi connectivity index (χ1) is 14.0. The number of rotatable bonds is 5. The number of benzene rings is 2. The van der Waals surface area contributed by atoms with Crippen LogP contribution in [0.4, 0.5) is 14.5 Å². The molecule has 4 nitrogen and oxygen atoms in total. The molecule has 7 heteroatoms. The molecule has 1 N–H and O–H groups in total. The first kappa shape index (κ1) is 19.1. The van der Waals surface area contributed by atoms with Gasteiger partial charge in [-0.3, -0.25) is 4.79 Å². The summed E-state index contributed by atoms with van der Waals surface area (Å²) in [4.78, 5) is 17.0. The van der Waals surface area contributed by atoms with E-state index in [0.29, 0.717) is 11.4 Å². The molecule has 0 aliphatic heterocycles. The molecular weight excluding hydrogens is 396 g/mol. The van der Waals surface area contributed by atoms with Crippen LogP contribution in [0.25, 0.3) is 16.9 Å². The summed E-state index contributed by atoms with van der Waals surface area (Å²) in [6.45, 7) is 0. The molecule has 0 saturated heterocycles. The van der Waals surface area contributed by atoms with E-state index >= 15 is 0 Å². The van der Waals surface area contributed by atoms with E-state index in [-0.39, 0.29) is 12.1 Å². The van der Waals surface area contributed by atoms with Crippen molar-refractivity contribution in [1.29, 1.82) is 0 Å². The number of imidazole rings is 1. The van der Waals surface area contributed by atoms with Gasteiger partial charge in [-0.1, -0.05) is 29.8 Å². The normalized spacial score (nSPS) is 11.0. The maximum Gasteiger partial charge on any atom is 0.224 e. The fraction of sp³-hybridized carbons (Fsp3) is 0.0909. The van der Waals surface area contributed by atoms with Gasteiger partial charge in [0.1, 0.15) is 17.3 Å². The summed E-state index contributed by atoms with van der Waals surface area (Å²) in [6.07, 6.45) is 2.33. The average Bonchev–Trinajstić information content (AvgIpc) is 3.08. The number of pyridine rings is 1. The van der Waals surface area contributed by atoms with Gasteiger partial charge < -0.3 is 9.72 Å². The van der Waals surface area contributed by atoms with E-state index in [0.717, 1.165) is 40.8 Å². The van der Waals surface area contributed by atoms with Crippen LogP contribution in [0.15, 0.2) is 66.9 Å². The Morgan fingerprint density at radius 1 is 1.07 bits per heavy atom. The topological polar surface area (TPSA) is 46.4 Å². The zero-order chi connectivity index (χ0) is 20.4. The lowest BCUT2D eigenvalue weighted by Gasteiger charge is -2.08. The van der Waals surface area contributed by atoms with Gasteiger partial charge in [0, 0.05) is 29.3 Å². The zero-order valence-corrected chi connectivity index (χ0v) is 16.0. The number of fused-ring (bicyclic) bond motifs is 1. The summed E-state index contributed by atoms with van der Waals surface area (Å²) in [6, 6.07) is 15.9. The second-order valence-corrected chi connectivity index (χ2v) is 6.95. The van der Waals surface area contributed by atoms with Gasteiger partial charge in [0.15, 0.2) is 0 Å². The number of amides is 1. The molecule has 0 spiro atoms. The van der Waals surface area contributed by atoms with Gasteiger partial charge >= 0.3 is 0 Å². The number of hydrogen-bond donors (Lipinski definition) is 1. The third-order valence-corrected chi connectivity index (χ3v) is 4.79. The molecule has 2 heterocycles. The quantitative estimate of drug-likeness (QED) is 0.471. The molecule has 2 aromatic heterocycles. The lowest BCUT2D eigenvalue weighted by atomic mass is 10.1. The molecule has 1 amide bonds. The minimum atomic E-state index is -0.684. The minimum absolute atomic E-state index is 0.0826. The predicted octanol–water partition coefficient (Wildman–Crippen LogP) is 5.50. The van der Waals surface area contributed by atoms with Crippen LogP contribution < -0.4 is 5.32 Å². The summed E-state index contributed by atoms with van der Waals surface area (Å²) >= 11 is 5.99. The maximum absolute atomic E-state index is 13.8. The standard InChI is InChI=1S/C22H16ClF2N3O/c23-15-6-4-14(5-7-15)22-19(28-12-2-1-3-20(28)27-22)10-11-21(29)26-18-13-16(24)8-9-17(18)25/h1-9,12-13H,10-11H2,(H,26,29). The Hall–Kier alpha value is -3.25. The number of carbonyl (C=O) groups is 1. The van der Waals surface area contributed by atoms with E-state index in [1.165, 1.54) is 0 Å². The highest BCUT2D eigenvalue weighted by Crippen LogP contribution is 2.27. The second kappa shape index (κ2) is 8.01. The molecule has 2 aromatic carbocycles. The van der Waals surface area contributed by atoms with Gasteiger partial charge in [-0.15, -0.1) is 0 Å². The van der Waals surface area contributed by atoms with E-state index in [2.05, 4.69) is 10.3 Å². The van der Waals surface area contributed by atoms with Crippen LogP contribution in [0.5, 0.6) is 0 Å². The molecule has 29 heavy (non-hydrogen) atoms. The van der Waals surface area contributed by atoms with E-state index in [1.54, 1.807) is 12.1 Å². The maximum atomic E-state index is 13.8. The van der Waals surface area contributed by atoms with Crippen molar-refractivity contribution in [2.24, 2.45) is 0 Å². The first-order valence-electron chi connectivity index (χ1n) is 8.98. The Labute approximate surface area is 170 Å². The minimum Gasteiger partial charge on any atom is -0.324 e. The molecule has 0 fully saturated rings. The van der Waals surface area contributed by atoms with Gasteiger partial charge in [0.2, 0.25) is 5.91 Å². The number of nitrogens with one attached hydrogen (secondary N) is 1. The summed E-state index contributed by atoms with van der Waals surface area (Å²) in [5.41, 5.74) is 3.05. The number of aryl methyl sites for hydroxylation is 1. The Morgan fingerprint density at radius 2 is 1.86 bits per heavy atom. The van der Waals surface area contributed by atoms with Gasteiger partial charge in [0.05, 0.1) is 17.1 Å². The lowest BCUT2D eigenvalue weighted by Crippen LogP contribution is -2.14. The number of hydrogen-bond acceptors (Lipinski definition) is 2.